The van der Waals surface area contributed by atoms with Crippen molar-refractivity contribution in [2.45, 2.75) is 57.9 Å². The van der Waals surface area contributed by atoms with Gasteiger partial charge in [-0.2, -0.15) is 0 Å². The first-order valence-electron chi connectivity index (χ1n) is 12.5. The number of carbonyl (C=O) groups is 2. The average Bonchev–Trinajstić information content (AvgIpc) is 3.24. The van der Waals surface area contributed by atoms with Gasteiger partial charge in [0, 0.05) is 6.54 Å². The van der Waals surface area contributed by atoms with E-state index in [-0.39, 0.29) is 24.5 Å². The molecule has 0 radical (unpaired) electrons. The maximum absolute atomic E-state index is 13.8. The monoisotopic (exact) mass is 504 g/mol. The van der Waals surface area contributed by atoms with Crippen molar-refractivity contribution in [3.8, 4) is 11.1 Å². The highest BCUT2D eigenvalue weighted by atomic mass is 19.1. The zero-order chi connectivity index (χ0) is 26.4. The lowest BCUT2D eigenvalue weighted by atomic mass is 9.96. The molecule has 1 N–H and O–H groups in total. The van der Waals surface area contributed by atoms with Crippen LogP contribution < -0.4 is 5.32 Å². The average molecular weight is 505 g/mol. The summed E-state index contributed by atoms with van der Waals surface area (Å²) in [5, 5.41) is 2.96. The Morgan fingerprint density at radius 2 is 1.62 bits per heavy atom. The molecular weight excluding hydrogens is 471 g/mol. The fourth-order valence-electron chi connectivity index (χ4n) is 4.53. The molecule has 1 aliphatic rings. The number of ether oxygens (including phenoxy) is 2. The van der Waals surface area contributed by atoms with Crippen LogP contribution in [0, 0.1) is 5.82 Å². The van der Waals surface area contributed by atoms with Gasteiger partial charge in [-0.3, -0.25) is 0 Å². The Kier molecular flexibility index (Phi) is 8.11. The van der Waals surface area contributed by atoms with Gasteiger partial charge in [-0.15, -0.1) is 0 Å². The number of likely N-dealkylation sites (tertiary alicyclic amines) is 1. The molecule has 2 unspecified atom stereocenters. The molecule has 0 spiro atoms. The van der Waals surface area contributed by atoms with Gasteiger partial charge in [0.15, 0.2) is 0 Å². The molecule has 2 amide bonds. The van der Waals surface area contributed by atoms with Crippen molar-refractivity contribution in [2.75, 3.05) is 6.54 Å². The molecule has 3 aromatic carbocycles. The molecule has 1 fully saturated rings. The van der Waals surface area contributed by atoms with Gasteiger partial charge in [-0.05, 0) is 68.0 Å². The maximum atomic E-state index is 13.8. The van der Waals surface area contributed by atoms with Crippen LogP contribution in [0.2, 0.25) is 0 Å². The highest BCUT2D eigenvalue weighted by Crippen LogP contribution is 2.27. The molecule has 6 nitrogen and oxygen atoms in total. The van der Waals surface area contributed by atoms with Crippen molar-refractivity contribution < 1.29 is 23.5 Å². The van der Waals surface area contributed by atoms with E-state index in [0.29, 0.717) is 19.4 Å². The largest absolute Gasteiger partial charge is 0.445 e. The van der Waals surface area contributed by atoms with Crippen LogP contribution in [0.4, 0.5) is 14.0 Å². The predicted molar refractivity (Wildman–Crippen MR) is 140 cm³/mol. The van der Waals surface area contributed by atoms with Gasteiger partial charge in [0.05, 0.1) is 12.1 Å². The molecule has 0 aromatic heterocycles. The molecular formula is C30H33FN2O4. The number of alkyl carbamates (subject to hydrolysis) is 1. The fourth-order valence-corrected chi connectivity index (χ4v) is 4.53. The molecule has 4 rings (SSSR count). The first-order chi connectivity index (χ1) is 17.7. The van der Waals surface area contributed by atoms with Gasteiger partial charge in [-0.25, -0.2) is 14.0 Å². The second kappa shape index (κ2) is 11.5. The van der Waals surface area contributed by atoms with E-state index in [4.69, 9.17) is 9.47 Å². The Hall–Kier alpha value is -3.87. The molecule has 1 saturated heterocycles. The molecule has 3 aromatic rings. The number of nitrogens with one attached hydrogen (secondary N) is 1. The molecule has 0 saturated carbocycles. The van der Waals surface area contributed by atoms with Gasteiger partial charge < -0.3 is 19.7 Å². The molecule has 37 heavy (non-hydrogen) atoms. The maximum Gasteiger partial charge on any atom is 0.410 e. The van der Waals surface area contributed by atoms with E-state index < -0.39 is 17.8 Å². The minimum atomic E-state index is -0.640. The molecule has 0 bridgehead atoms. The second-order valence-electron chi connectivity index (χ2n) is 10.3. The van der Waals surface area contributed by atoms with Gasteiger partial charge in [0.1, 0.15) is 18.0 Å². The Balaban J connectivity index is 1.51. The zero-order valence-electron chi connectivity index (χ0n) is 21.4. The quantitative estimate of drug-likeness (QED) is 0.425. The number of halogens is 1. The van der Waals surface area contributed by atoms with Crippen LogP contribution in [0.15, 0.2) is 78.9 Å². The molecule has 194 valence electrons. The third-order valence-corrected chi connectivity index (χ3v) is 6.22. The number of amides is 2. The summed E-state index contributed by atoms with van der Waals surface area (Å²) in [6.07, 6.45) is 0.124. The summed E-state index contributed by atoms with van der Waals surface area (Å²) < 4.78 is 24.9. The van der Waals surface area contributed by atoms with Crippen molar-refractivity contribution in [3.63, 3.8) is 0 Å². The van der Waals surface area contributed by atoms with Crippen LogP contribution >= 0.6 is 0 Å². The lowest BCUT2D eigenvalue weighted by molar-refractivity contribution is 0.0214. The predicted octanol–water partition coefficient (Wildman–Crippen LogP) is 6.34. The number of hydrogen-bond acceptors (Lipinski definition) is 4. The fraction of sp³-hybridized carbons (Fsp3) is 0.333. The molecule has 1 aliphatic heterocycles. The minimum Gasteiger partial charge on any atom is -0.445 e. The normalized spacial score (nSPS) is 17.4. The summed E-state index contributed by atoms with van der Waals surface area (Å²) in [5.41, 5.74) is 2.87. The Bertz CT molecular complexity index is 1230. The van der Waals surface area contributed by atoms with E-state index in [1.54, 1.807) is 11.0 Å². The van der Waals surface area contributed by atoms with E-state index >= 15 is 0 Å². The first kappa shape index (κ1) is 26.2. The highest BCUT2D eigenvalue weighted by Gasteiger charge is 2.40. The van der Waals surface area contributed by atoms with E-state index in [1.165, 1.54) is 12.1 Å². The lowest BCUT2D eigenvalue weighted by Crippen LogP contribution is -2.49. The number of nitrogens with zero attached hydrogens (tertiary/aromatic N) is 1. The lowest BCUT2D eigenvalue weighted by Gasteiger charge is -2.31. The summed E-state index contributed by atoms with van der Waals surface area (Å²) in [6.45, 7) is 6.10. The Morgan fingerprint density at radius 3 is 2.32 bits per heavy atom. The summed E-state index contributed by atoms with van der Waals surface area (Å²) in [6, 6.07) is 23.1. The van der Waals surface area contributed by atoms with Crippen LogP contribution in [0.5, 0.6) is 0 Å². The third-order valence-electron chi connectivity index (χ3n) is 6.22. The zero-order valence-corrected chi connectivity index (χ0v) is 21.4. The Morgan fingerprint density at radius 1 is 0.946 bits per heavy atom. The second-order valence-corrected chi connectivity index (χ2v) is 10.3. The van der Waals surface area contributed by atoms with Gasteiger partial charge in [0.25, 0.3) is 0 Å². The smallest absolute Gasteiger partial charge is 0.410 e. The highest BCUT2D eigenvalue weighted by molar-refractivity contribution is 5.71. The Labute approximate surface area is 217 Å². The van der Waals surface area contributed by atoms with Crippen molar-refractivity contribution in [3.05, 3.63) is 95.8 Å². The van der Waals surface area contributed by atoms with Crippen LogP contribution in [-0.4, -0.2) is 41.3 Å². The third kappa shape index (κ3) is 7.32. The summed E-state index contributed by atoms with van der Waals surface area (Å²) in [5.74, 6) is -0.298. The molecule has 2 atom stereocenters. The van der Waals surface area contributed by atoms with E-state index in [0.717, 1.165) is 22.3 Å². The van der Waals surface area contributed by atoms with Crippen molar-refractivity contribution in [1.29, 1.82) is 0 Å². The van der Waals surface area contributed by atoms with Crippen molar-refractivity contribution in [1.82, 2.24) is 10.2 Å². The van der Waals surface area contributed by atoms with Gasteiger partial charge in [-0.1, -0.05) is 66.7 Å². The van der Waals surface area contributed by atoms with E-state index in [1.807, 2.05) is 81.4 Å². The van der Waals surface area contributed by atoms with Crippen LogP contribution in [-0.2, 0) is 22.5 Å². The van der Waals surface area contributed by atoms with Crippen LogP contribution in [0.3, 0.4) is 0 Å². The number of hydrogen-bond donors (Lipinski definition) is 1. The SMILES string of the molecule is CC(C)(C)OC(=O)N1CCC(NC(=O)OCc2ccccc2)C1Cc1cccc(-c2cccc(F)c2)c1. The number of carbonyl (C=O) groups excluding carboxylic acids is 2. The molecule has 0 aliphatic carbocycles. The summed E-state index contributed by atoms with van der Waals surface area (Å²) in [7, 11) is 0. The van der Waals surface area contributed by atoms with Crippen molar-refractivity contribution >= 4 is 12.2 Å². The van der Waals surface area contributed by atoms with Crippen LogP contribution in [0.1, 0.15) is 38.3 Å². The van der Waals surface area contributed by atoms with E-state index in [2.05, 4.69) is 5.32 Å². The number of rotatable bonds is 6. The van der Waals surface area contributed by atoms with Gasteiger partial charge >= 0.3 is 12.2 Å². The minimum absolute atomic E-state index is 0.162. The first-order valence-corrected chi connectivity index (χ1v) is 12.5. The van der Waals surface area contributed by atoms with Gasteiger partial charge in [0.2, 0.25) is 0 Å². The van der Waals surface area contributed by atoms with Crippen molar-refractivity contribution in [2.24, 2.45) is 0 Å². The van der Waals surface area contributed by atoms with E-state index in [9.17, 15) is 14.0 Å². The summed E-state index contributed by atoms with van der Waals surface area (Å²) >= 11 is 0. The summed E-state index contributed by atoms with van der Waals surface area (Å²) in [4.78, 5) is 27.4. The van der Waals surface area contributed by atoms with Crippen LogP contribution in [0.25, 0.3) is 11.1 Å². The molecule has 7 heteroatoms. The molecule has 1 heterocycles. The topological polar surface area (TPSA) is 67.9 Å². The number of benzene rings is 3. The standard InChI is InChI=1S/C30H33FN2O4/c1-30(2,3)37-29(35)33-16-15-26(32-28(34)36-20-21-9-5-4-6-10-21)27(33)18-22-11-7-12-23(17-22)24-13-8-14-25(31)19-24/h4-14,17,19,26-27H,15-16,18,20H2,1-3H3,(H,32,34).